The molecule has 0 aromatic rings. The van der Waals surface area contributed by atoms with Gasteiger partial charge in [0.05, 0.1) is 0 Å². The lowest BCUT2D eigenvalue weighted by Gasteiger charge is -2.12. The predicted molar refractivity (Wildman–Crippen MR) is 93.4 cm³/mol. The second kappa shape index (κ2) is 9.08. The van der Waals surface area contributed by atoms with Crippen molar-refractivity contribution in [2.75, 3.05) is 7.05 Å². The maximum Gasteiger partial charge on any atom is 0.0286 e. The van der Waals surface area contributed by atoms with Gasteiger partial charge in [-0.1, -0.05) is 42.5 Å². The van der Waals surface area contributed by atoms with Crippen LogP contribution in [0.25, 0.3) is 0 Å². The van der Waals surface area contributed by atoms with E-state index < -0.39 is 0 Å². The molecule has 0 N–H and O–H groups in total. The van der Waals surface area contributed by atoms with Gasteiger partial charge >= 0.3 is 0 Å². The van der Waals surface area contributed by atoms with Crippen LogP contribution in [0, 0.1) is 0 Å². The number of rotatable bonds is 6. The van der Waals surface area contributed by atoms with E-state index in [0.717, 1.165) is 27.9 Å². The highest BCUT2D eigenvalue weighted by Crippen LogP contribution is 2.23. The molecule has 0 aromatic heterocycles. The molecule has 0 radical (unpaired) electrons. The molecule has 0 heterocycles. The summed E-state index contributed by atoms with van der Waals surface area (Å²) < 4.78 is 0. The quantitative estimate of drug-likeness (QED) is 0.439. The van der Waals surface area contributed by atoms with Gasteiger partial charge in [-0.2, -0.15) is 0 Å². The van der Waals surface area contributed by atoms with Gasteiger partial charge < -0.3 is 0 Å². The zero-order valence-electron chi connectivity index (χ0n) is 13.7. The average molecular weight is 269 g/mol. The van der Waals surface area contributed by atoms with E-state index in [9.17, 15) is 0 Å². The first-order chi connectivity index (χ1) is 9.34. The highest BCUT2D eigenvalue weighted by atomic mass is 14.6. The molecule has 1 nitrogen and oxygen atoms in total. The molecule has 0 unspecified atom stereocenters. The summed E-state index contributed by atoms with van der Waals surface area (Å²) in [6.07, 6.45) is 10.1. The van der Waals surface area contributed by atoms with Crippen LogP contribution in [0.15, 0.2) is 75.9 Å². The summed E-state index contributed by atoms with van der Waals surface area (Å²) in [6.45, 7) is 18.5. The highest BCUT2D eigenvalue weighted by Gasteiger charge is 2.07. The van der Waals surface area contributed by atoms with Crippen molar-refractivity contribution in [2.45, 2.75) is 34.6 Å². The first-order valence-electron chi connectivity index (χ1n) is 6.81. The van der Waals surface area contributed by atoms with Crippen LogP contribution in [-0.2, 0) is 0 Å². The Morgan fingerprint density at radius 2 is 1.65 bits per heavy atom. The Morgan fingerprint density at radius 3 is 2.05 bits per heavy atom. The molecular weight excluding hydrogens is 242 g/mol. The van der Waals surface area contributed by atoms with Gasteiger partial charge in [-0.3, -0.25) is 4.99 Å². The highest BCUT2D eigenvalue weighted by molar-refractivity contribution is 5.88. The molecule has 0 spiro atoms. The molecule has 0 fully saturated rings. The summed E-state index contributed by atoms with van der Waals surface area (Å²) in [5.41, 5.74) is 6.57. The molecule has 20 heavy (non-hydrogen) atoms. The van der Waals surface area contributed by atoms with Crippen molar-refractivity contribution >= 4 is 6.21 Å². The Kier molecular flexibility index (Phi) is 8.23. The van der Waals surface area contributed by atoms with Crippen LogP contribution in [0.3, 0.4) is 0 Å². The Morgan fingerprint density at radius 1 is 1.05 bits per heavy atom. The van der Waals surface area contributed by atoms with Crippen LogP contribution in [0.5, 0.6) is 0 Å². The summed E-state index contributed by atoms with van der Waals surface area (Å²) in [5.74, 6) is 0. The minimum atomic E-state index is 0.990. The lowest BCUT2D eigenvalue weighted by atomic mass is 9.93. The molecular formula is C19H27N. The third-order valence-corrected chi connectivity index (χ3v) is 2.91. The smallest absolute Gasteiger partial charge is 0.0286 e. The third-order valence-electron chi connectivity index (χ3n) is 2.91. The predicted octanol–water partition coefficient (Wildman–Crippen LogP) is 5.60. The second-order valence-corrected chi connectivity index (χ2v) is 5.04. The van der Waals surface area contributed by atoms with Crippen LogP contribution in [0.2, 0.25) is 0 Å². The third kappa shape index (κ3) is 5.83. The number of aliphatic imine (C=N–C) groups is 1. The minimum absolute atomic E-state index is 0.990. The molecule has 0 aromatic carbocycles. The molecule has 0 bridgehead atoms. The van der Waals surface area contributed by atoms with Gasteiger partial charge in [0.15, 0.2) is 0 Å². The molecule has 108 valence electrons. The SMILES string of the molecule is C=C(C)/C(=C/C(=C)/C(C)=C/C=C\C)C(C=NC)=C(C)C. The number of nitrogens with zero attached hydrogens (tertiary/aromatic N) is 1. The lowest BCUT2D eigenvalue weighted by Crippen LogP contribution is -1.97. The maximum atomic E-state index is 4.14. The molecule has 0 aliphatic rings. The van der Waals surface area contributed by atoms with Crippen molar-refractivity contribution in [1.29, 1.82) is 0 Å². The van der Waals surface area contributed by atoms with Crippen molar-refractivity contribution in [3.8, 4) is 0 Å². The Labute approximate surface area is 124 Å². The van der Waals surface area contributed by atoms with E-state index in [-0.39, 0.29) is 0 Å². The van der Waals surface area contributed by atoms with Gasteiger partial charge in [-0.05, 0) is 63.0 Å². The Bertz CT molecular complexity index is 516. The van der Waals surface area contributed by atoms with E-state index in [1.807, 2.05) is 32.2 Å². The summed E-state index contributed by atoms with van der Waals surface area (Å²) in [7, 11) is 1.78. The van der Waals surface area contributed by atoms with E-state index in [0.29, 0.717) is 0 Å². The Balaban J connectivity index is 5.73. The van der Waals surface area contributed by atoms with Crippen LogP contribution in [-0.4, -0.2) is 13.3 Å². The van der Waals surface area contributed by atoms with Crippen molar-refractivity contribution in [3.63, 3.8) is 0 Å². The summed E-state index contributed by atoms with van der Waals surface area (Å²) >= 11 is 0. The number of hydrogen-bond acceptors (Lipinski definition) is 1. The molecule has 0 atom stereocenters. The van der Waals surface area contributed by atoms with E-state index in [1.165, 1.54) is 5.57 Å². The standard InChI is InChI=1S/C19H27N/c1-9-10-11-16(6)17(7)12-18(14(2)3)19(13-20-8)15(4)5/h9-13H,2,7H2,1,3-6,8H3/b10-9-,16-11+,18-12-,20-13?. The van der Waals surface area contributed by atoms with E-state index in [4.69, 9.17) is 0 Å². The fourth-order valence-electron chi connectivity index (χ4n) is 1.66. The van der Waals surface area contributed by atoms with Crippen molar-refractivity contribution in [3.05, 3.63) is 70.9 Å². The lowest BCUT2D eigenvalue weighted by molar-refractivity contribution is 1.29. The summed E-state index contributed by atoms with van der Waals surface area (Å²) in [5, 5.41) is 0. The first-order valence-corrected chi connectivity index (χ1v) is 6.81. The summed E-state index contributed by atoms with van der Waals surface area (Å²) in [6, 6.07) is 0. The maximum absolute atomic E-state index is 4.14. The topological polar surface area (TPSA) is 12.4 Å². The zero-order chi connectivity index (χ0) is 15.7. The van der Waals surface area contributed by atoms with Crippen molar-refractivity contribution in [1.82, 2.24) is 0 Å². The fraction of sp³-hybridized carbons (Fsp3) is 0.316. The number of allylic oxidation sites excluding steroid dienone is 10. The van der Waals surface area contributed by atoms with Gasteiger partial charge in [-0.15, -0.1) is 0 Å². The van der Waals surface area contributed by atoms with Gasteiger partial charge in [-0.25, -0.2) is 0 Å². The molecule has 0 aliphatic heterocycles. The van der Waals surface area contributed by atoms with Crippen LogP contribution in [0.4, 0.5) is 0 Å². The molecule has 0 saturated carbocycles. The molecule has 0 saturated heterocycles. The Hall–Kier alpha value is -1.89. The van der Waals surface area contributed by atoms with Crippen LogP contribution < -0.4 is 0 Å². The molecule has 0 aliphatic carbocycles. The van der Waals surface area contributed by atoms with E-state index in [1.54, 1.807) is 7.05 Å². The monoisotopic (exact) mass is 269 g/mol. The van der Waals surface area contributed by atoms with Crippen LogP contribution in [0.1, 0.15) is 34.6 Å². The summed E-state index contributed by atoms with van der Waals surface area (Å²) in [4.78, 5) is 4.14. The fourth-order valence-corrected chi connectivity index (χ4v) is 1.66. The van der Waals surface area contributed by atoms with Gasteiger partial charge in [0.2, 0.25) is 0 Å². The van der Waals surface area contributed by atoms with Crippen LogP contribution >= 0.6 is 0 Å². The van der Waals surface area contributed by atoms with Gasteiger partial charge in [0, 0.05) is 13.3 Å². The van der Waals surface area contributed by atoms with Crippen molar-refractivity contribution in [2.24, 2.45) is 4.99 Å². The molecule has 0 rings (SSSR count). The van der Waals surface area contributed by atoms with E-state index in [2.05, 4.69) is 51.1 Å². The number of hydrogen-bond donors (Lipinski definition) is 0. The molecule has 0 amide bonds. The first kappa shape index (κ1) is 18.1. The van der Waals surface area contributed by atoms with Gasteiger partial charge in [0.1, 0.15) is 0 Å². The molecule has 1 heteroatoms. The zero-order valence-corrected chi connectivity index (χ0v) is 13.7. The second-order valence-electron chi connectivity index (χ2n) is 5.04. The average Bonchev–Trinajstić information content (AvgIpc) is 2.38. The van der Waals surface area contributed by atoms with Crippen molar-refractivity contribution < 1.29 is 0 Å². The minimum Gasteiger partial charge on any atom is -0.296 e. The largest absolute Gasteiger partial charge is 0.296 e. The normalized spacial score (nSPS) is 13.1. The van der Waals surface area contributed by atoms with E-state index >= 15 is 0 Å². The van der Waals surface area contributed by atoms with Gasteiger partial charge in [0.25, 0.3) is 0 Å².